The topological polar surface area (TPSA) is 12.0 Å². The van der Waals surface area contributed by atoms with Gasteiger partial charge in [-0.15, -0.1) is 0 Å². The molecule has 0 aliphatic carbocycles. The van der Waals surface area contributed by atoms with E-state index in [1.54, 1.807) is 0 Å². The van der Waals surface area contributed by atoms with Crippen molar-refractivity contribution >= 4 is 29.1 Å². The predicted molar refractivity (Wildman–Crippen MR) is 123 cm³/mol. The lowest BCUT2D eigenvalue weighted by Crippen LogP contribution is -1.90. The number of hydrogen-bond acceptors (Lipinski definition) is 1. The van der Waals surface area contributed by atoms with E-state index in [9.17, 15) is 0 Å². The molecule has 1 unspecified atom stereocenters. The van der Waals surface area contributed by atoms with Gasteiger partial charge in [0.1, 0.15) is 0 Å². The monoisotopic (exact) mass is 377 g/mol. The van der Waals surface area contributed by atoms with Gasteiger partial charge in [-0.05, 0) is 29.1 Å². The van der Waals surface area contributed by atoms with Gasteiger partial charge >= 0.3 is 0 Å². The minimum atomic E-state index is -0.638. The molecule has 0 spiro atoms. The normalized spacial score (nSPS) is 11.5. The average Bonchev–Trinajstić information content (AvgIpc) is 3.09. The third kappa shape index (κ3) is 3.01. The molecule has 5 rings (SSSR count). The Morgan fingerprint density at radius 1 is 0.536 bits per heavy atom. The summed E-state index contributed by atoms with van der Waals surface area (Å²) >= 11 is 0. The van der Waals surface area contributed by atoms with Crippen molar-refractivity contribution in [2.75, 3.05) is 5.32 Å². The van der Waals surface area contributed by atoms with E-state index in [1.165, 1.54) is 32.4 Å². The van der Waals surface area contributed by atoms with Crippen LogP contribution in [0.15, 0.2) is 115 Å². The molecule has 1 heterocycles. The number of rotatable bonds is 4. The lowest BCUT2D eigenvalue weighted by molar-refractivity contribution is 1.60. The predicted octanol–water partition coefficient (Wildman–Crippen LogP) is 8.23. The van der Waals surface area contributed by atoms with Crippen LogP contribution < -0.4 is 5.32 Å². The maximum atomic E-state index is 3.79. The van der Waals surface area contributed by atoms with Crippen molar-refractivity contribution < 1.29 is 0 Å². The second kappa shape index (κ2) is 7.38. The first-order valence-electron chi connectivity index (χ1n) is 9.48. The summed E-state index contributed by atoms with van der Waals surface area (Å²) in [6.45, 7) is 0. The number of fused-ring (bicyclic) bond motifs is 1. The van der Waals surface area contributed by atoms with Gasteiger partial charge in [0, 0.05) is 21.7 Å². The molecule has 1 atom stereocenters. The second-order valence-electron chi connectivity index (χ2n) is 6.77. The summed E-state index contributed by atoms with van der Waals surface area (Å²) < 4.78 is 0. The van der Waals surface area contributed by atoms with Crippen LogP contribution in [0.5, 0.6) is 0 Å². The highest BCUT2D eigenvalue weighted by molar-refractivity contribution is 7.66. The van der Waals surface area contributed by atoms with E-state index in [2.05, 4.69) is 121 Å². The van der Waals surface area contributed by atoms with Gasteiger partial charge in [-0.25, -0.2) is 0 Å². The van der Waals surface area contributed by atoms with Crippen molar-refractivity contribution in [2.45, 2.75) is 0 Å². The van der Waals surface area contributed by atoms with Gasteiger partial charge in [0.15, 0.2) is 0 Å². The van der Waals surface area contributed by atoms with Crippen molar-refractivity contribution in [3.05, 3.63) is 115 Å². The third-order valence-corrected chi connectivity index (χ3v) is 7.46. The highest BCUT2D eigenvalue weighted by Gasteiger charge is 2.20. The molecular formula is C26H20NP. The molecule has 0 aliphatic rings. The zero-order valence-corrected chi connectivity index (χ0v) is 16.3. The molecule has 1 N–H and O–H groups in total. The first-order valence-corrected chi connectivity index (χ1v) is 10.8. The van der Waals surface area contributed by atoms with Crippen LogP contribution in [0.4, 0.5) is 11.1 Å². The molecule has 4 aromatic carbocycles. The summed E-state index contributed by atoms with van der Waals surface area (Å²) in [6, 6.07) is 41.0. The number of nitrogens with one attached hydrogen (secondary N) is 1. The molecule has 134 valence electrons. The summed E-state index contributed by atoms with van der Waals surface area (Å²) in [5.74, 6) is 0. The Labute approximate surface area is 166 Å². The van der Waals surface area contributed by atoms with Gasteiger partial charge in [0.25, 0.3) is 0 Å². The van der Waals surface area contributed by atoms with Gasteiger partial charge in [-0.3, -0.25) is 0 Å². The largest absolute Gasteiger partial charge is 0.351 e. The van der Waals surface area contributed by atoms with E-state index < -0.39 is 7.53 Å². The highest BCUT2D eigenvalue weighted by atomic mass is 31.1. The van der Waals surface area contributed by atoms with E-state index in [1.807, 2.05) is 0 Å². The molecule has 0 fully saturated rings. The molecule has 0 amide bonds. The zero-order chi connectivity index (χ0) is 18.8. The standard InChI is InChI=1S/C26H20NP/c1-4-12-20(13-5-1)25-23-18-10-11-19-24(23)28(22-16-8-3-9-17-22)26(25)27-21-14-6-2-7-15-21/h1-19,27H. The first kappa shape index (κ1) is 16.9. The van der Waals surface area contributed by atoms with Gasteiger partial charge in [-0.2, -0.15) is 0 Å². The SMILES string of the molecule is c1ccc(Nc2c(-c3ccccc3)c3ccccc3p2-c2ccccc2)cc1. The molecule has 0 saturated heterocycles. The quantitative estimate of drug-likeness (QED) is 0.333. The Balaban J connectivity index is 1.85. The summed E-state index contributed by atoms with van der Waals surface area (Å²) in [7, 11) is -0.638. The summed E-state index contributed by atoms with van der Waals surface area (Å²) in [6.07, 6.45) is 0. The van der Waals surface area contributed by atoms with Crippen molar-refractivity contribution in [1.82, 2.24) is 0 Å². The summed E-state index contributed by atoms with van der Waals surface area (Å²) in [4.78, 5) is 0. The van der Waals surface area contributed by atoms with E-state index >= 15 is 0 Å². The first-order chi connectivity index (χ1) is 13.9. The maximum Gasteiger partial charge on any atom is 0.0716 e. The van der Waals surface area contributed by atoms with Crippen molar-refractivity contribution in [1.29, 1.82) is 0 Å². The lowest BCUT2D eigenvalue weighted by Gasteiger charge is -2.13. The Morgan fingerprint density at radius 2 is 1.11 bits per heavy atom. The number of para-hydroxylation sites is 1. The Kier molecular flexibility index (Phi) is 4.45. The van der Waals surface area contributed by atoms with E-state index in [0.29, 0.717) is 0 Å². The average molecular weight is 377 g/mol. The van der Waals surface area contributed by atoms with Crippen LogP contribution in [0, 0.1) is 0 Å². The van der Waals surface area contributed by atoms with Gasteiger partial charge < -0.3 is 5.32 Å². The fourth-order valence-corrected chi connectivity index (χ4v) is 6.38. The molecule has 0 aliphatic heterocycles. The minimum Gasteiger partial charge on any atom is -0.351 e. The molecular weight excluding hydrogens is 357 g/mol. The highest BCUT2D eigenvalue weighted by Crippen LogP contribution is 2.60. The molecule has 28 heavy (non-hydrogen) atoms. The summed E-state index contributed by atoms with van der Waals surface area (Å²) in [5, 5.41) is 7.92. The van der Waals surface area contributed by atoms with Gasteiger partial charge in [0.05, 0.1) is 5.42 Å². The van der Waals surface area contributed by atoms with Crippen LogP contribution in [0.25, 0.3) is 26.9 Å². The molecule has 1 nitrogen and oxygen atoms in total. The van der Waals surface area contributed by atoms with E-state index in [0.717, 1.165) is 5.69 Å². The zero-order valence-electron chi connectivity index (χ0n) is 15.4. The van der Waals surface area contributed by atoms with Crippen molar-refractivity contribution in [2.24, 2.45) is 0 Å². The fourth-order valence-electron chi connectivity index (χ4n) is 3.76. The van der Waals surface area contributed by atoms with Crippen LogP contribution in [0.1, 0.15) is 0 Å². The molecule has 5 aromatic rings. The maximum absolute atomic E-state index is 3.79. The minimum absolute atomic E-state index is 0.638. The van der Waals surface area contributed by atoms with E-state index in [-0.39, 0.29) is 0 Å². The number of hydrogen-bond donors (Lipinski definition) is 1. The van der Waals surface area contributed by atoms with Crippen molar-refractivity contribution in [3.8, 4) is 16.4 Å². The smallest absolute Gasteiger partial charge is 0.0716 e. The Bertz CT molecular complexity index is 1130. The van der Waals surface area contributed by atoms with Crippen LogP contribution in [0.3, 0.4) is 0 Å². The third-order valence-electron chi connectivity index (χ3n) is 4.99. The van der Waals surface area contributed by atoms with Crippen LogP contribution in [0.2, 0.25) is 0 Å². The molecule has 0 bridgehead atoms. The fraction of sp³-hybridized carbons (Fsp3) is 0. The van der Waals surface area contributed by atoms with E-state index in [4.69, 9.17) is 0 Å². The van der Waals surface area contributed by atoms with Gasteiger partial charge in [-0.1, -0.05) is 105 Å². The molecule has 0 saturated carbocycles. The van der Waals surface area contributed by atoms with Crippen LogP contribution in [-0.4, -0.2) is 0 Å². The second-order valence-corrected chi connectivity index (χ2v) is 8.89. The van der Waals surface area contributed by atoms with Crippen molar-refractivity contribution in [3.63, 3.8) is 0 Å². The Morgan fingerprint density at radius 3 is 1.82 bits per heavy atom. The molecule has 2 heteroatoms. The van der Waals surface area contributed by atoms with Crippen LogP contribution >= 0.6 is 7.53 Å². The molecule has 0 radical (unpaired) electrons. The summed E-state index contributed by atoms with van der Waals surface area (Å²) in [5.41, 5.74) is 5.01. The van der Waals surface area contributed by atoms with Crippen LogP contribution in [-0.2, 0) is 0 Å². The Hall–Kier alpha value is -3.28. The number of anilines is 2. The number of benzene rings is 4. The molecule has 1 aromatic heterocycles. The van der Waals surface area contributed by atoms with Gasteiger partial charge in [0.2, 0.25) is 0 Å². The lowest BCUT2D eigenvalue weighted by atomic mass is 10.0.